The third kappa shape index (κ3) is 3.32. The number of nitrogens with two attached hydrogens (primary N) is 1. The Kier molecular flexibility index (Phi) is 4.22. The Morgan fingerprint density at radius 3 is 2.11 bits per heavy atom. The highest BCUT2D eigenvalue weighted by molar-refractivity contribution is 5.93. The minimum atomic E-state index is -0.481. The van der Waals surface area contributed by atoms with Crippen molar-refractivity contribution in [3.05, 3.63) is 84.4 Å². The normalized spacial score (nSPS) is 10.7. The predicted molar refractivity (Wildman–Crippen MR) is 101 cm³/mol. The van der Waals surface area contributed by atoms with Crippen LogP contribution in [0.1, 0.15) is 10.4 Å². The Bertz CT molecular complexity index is 1090. The Morgan fingerprint density at radius 1 is 0.852 bits per heavy atom. The van der Waals surface area contributed by atoms with Gasteiger partial charge in [-0.1, -0.05) is 12.1 Å². The molecule has 0 radical (unpaired) electrons. The van der Waals surface area contributed by atoms with Crippen LogP contribution >= 0.6 is 0 Å². The predicted octanol–water partition coefficient (Wildman–Crippen LogP) is 4.04. The minimum absolute atomic E-state index is 0.304. The smallest absolute Gasteiger partial charge is 0.248 e. The number of pyridine rings is 1. The third-order valence-electron chi connectivity index (χ3n) is 4.23. The summed E-state index contributed by atoms with van der Waals surface area (Å²) >= 11 is 0. The van der Waals surface area contributed by atoms with Crippen LogP contribution in [0, 0.1) is 5.82 Å². The lowest BCUT2D eigenvalue weighted by Crippen LogP contribution is -2.10. The van der Waals surface area contributed by atoms with E-state index in [1.54, 1.807) is 48.8 Å². The number of rotatable bonds is 4. The standard InChI is InChI=1S/C21H15FN4O/c22-17-7-5-13(6-8-17)18-19(14-9-11-24-12-10-14)26-21(25-18)16-3-1-15(2-4-16)20(23)27/h1-12H,(H2,23,27)(H,25,26). The van der Waals surface area contributed by atoms with Crippen LogP contribution in [0.3, 0.4) is 0 Å². The van der Waals surface area contributed by atoms with E-state index in [4.69, 9.17) is 10.7 Å². The zero-order chi connectivity index (χ0) is 18.8. The van der Waals surface area contributed by atoms with Gasteiger partial charge in [0.15, 0.2) is 0 Å². The highest BCUT2D eigenvalue weighted by Gasteiger charge is 2.15. The molecule has 0 saturated heterocycles. The fourth-order valence-electron chi connectivity index (χ4n) is 2.85. The maximum atomic E-state index is 13.3. The molecule has 2 aromatic carbocycles. The van der Waals surface area contributed by atoms with Gasteiger partial charge in [0.2, 0.25) is 5.91 Å². The number of hydrogen-bond acceptors (Lipinski definition) is 3. The van der Waals surface area contributed by atoms with E-state index in [0.717, 1.165) is 22.4 Å². The first-order chi connectivity index (χ1) is 13.1. The molecule has 0 unspecified atom stereocenters. The van der Waals surface area contributed by atoms with Crippen LogP contribution in [0.2, 0.25) is 0 Å². The van der Waals surface area contributed by atoms with Crippen LogP contribution < -0.4 is 5.73 Å². The summed E-state index contributed by atoms with van der Waals surface area (Å²) < 4.78 is 13.3. The van der Waals surface area contributed by atoms with Crippen molar-refractivity contribution >= 4 is 5.91 Å². The molecule has 0 aliphatic heterocycles. The SMILES string of the molecule is NC(=O)c1ccc(-c2nc(-c3ccc(F)cc3)c(-c3ccncc3)[nH]2)cc1. The van der Waals surface area contributed by atoms with Gasteiger partial charge in [-0.15, -0.1) is 0 Å². The molecule has 5 nitrogen and oxygen atoms in total. The number of carbonyl (C=O) groups excluding carboxylic acids is 1. The van der Waals surface area contributed by atoms with Gasteiger partial charge in [0, 0.05) is 34.6 Å². The molecule has 2 heterocycles. The summed E-state index contributed by atoms with van der Waals surface area (Å²) in [6, 6.07) is 16.8. The van der Waals surface area contributed by atoms with E-state index in [1.807, 2.05) is 12.1 Å². The summed E-state index contributed by atoms with van der Waals surface area (Å²) in [4.78, 5) is 23.4. The van der Waals surface area contributed by atoms with Crippen LogP contribution in [0.25, 0.3) is 33.9 Å². The molecule has 132 valence electrons. The van der Waals surface area contributed by atoms with Gasteiger partial charge >= 0.3 is 0 Å². The molecular formula is C21H15FN4O. The lowest BCUT2D eigenvalue weighted by Gasteiger charge is -2.02. The van der Waals surface area contributed by atoms with Gasteiger partial charge < -0.3 is 10.7 Å². The number of aromatic amines is 1. The van der Waals surface area contributed by atoms with E-state index in [1.165, 1.54) is 12.1 Å². The van der Waals surface area contributed by atoms with Gasteiger partial charge in [-0.05, 0) is 48.5 Å². The lowest BCUT2D eigenvalue weighted by atomic mass is 10.1. The number of benzene rings is 2. The highest BCUT2D eigenvalue weighted by Crippen LogP contribution is 2.32. The molecule has 0 atom stereocenters. The molecule has 4 rings (SSSR count). The highest BCUT2D eigenvalue weighted by atomic mass is 19.1. The largest absolute Gasteiger partial charge is 0.366 e. The molecule has 3 N–H and O–H groups in total. The van der Waals surface area contributed by atoms with Crippen molar-refractivity contribution < 1.29 is 9.18 Å². The summed E-state index contributed by atoms with van der Waals surface area (Å²) in [6.45, 7) is 0. The number of nitrogens with zero attached hydrogens (tertiary/aromatic N) is 2. The van der Waals surface area contributed by atoms with Crippen molar-refractivity contribution in [2.45, 2.75) is 0 Å². The van der Waals surface area contributed by atoms with Gasteiger partial charge in [-0.25, -0.2) is 9.37 Å². The van der Waals surface area contributed by atoms with Gasteiger partial charge in [-0.2, -0.15) is 0 Å². The molecular weight excluding hydrogens is 343 g/mol. The number of imidazole rings is 1. The summed E-state index contributed by atoms with van der Waals surface area (Å²) in [6.07, 6.45) is 3.40. The van der Waals surface area contributed by atoms with Gasteiger partial charge in [0.1, 0.15) is 11.6 Å². The number of carbonyl (C=O) groups is 1. The molecule has 6 heteroatoms. The number of amides is 1. The molecule has 27 heavy (non-hydrogen) atoms. The molecule has 0 spiro atoms. The lowest BCUT2D eigenvalue weighted by molar-refractivity contribution is 0.100. The van der Waals surface area contributed by atoms with Crippen LogP contribution in [0.15, 0.2) is 73.1 Å². The number of primary amides is 1. The summed E-state index contributed by atoms with van der Waals surface area (Å²) in [5.74, 6) is -0.148. The zero-order valence-corrected chi connectivity index (χ0v) is 14.2. The van der Waals surface area contributed by atoms with Gasteiger partial charge in [0.05, 0.1) is 11.4 Å². The van der Waals surface area contributed by atoms with Crippen molar-refractivity contribution in [1.29, 1.82) is 0 Å². The van der Waals surface area contributed by atoms with E-state index in [9.17, 15) is 9.18 Å². The summed E-state index contributed by atoms with van der Waals surface area (Å²) in [5, 5.41) is 0. The van der Waals surface area contributed by atoms with Crippen LogP contribution in [-0.2, 0) is 0 Å². The fraction of sp³-hybridized carbons (Fsp3) is 0. The fourth-order valence-corrected chi connectivity index (χ4v) is 2.85. The van der Waals surface area contributed by atoms with E-state index >= 15 is 0 Å². The molecule has 0 aliphatic carbocycles. The topological polar surface area (TPSA) is 84.7 Å². The number of hydrogen-bond donors (Lipinski definition) is 2. The second kappa shape index (κ2) is 6.84. The second-order valence-corrected chi connectivity index (χ2v) is 5.99. The van der Waals surface area contributed by atoms with Crippen LogP contribution in [0.5, 0.6) is 0 Å². The summed E-state index contributed by atoms with van der Waals surface area (Å²) in [5.41, 5.74) is 9.75. The number of aromatic nitrogens is 3. The number of H-pyrrole nitrogens is 1. The van der Waals surface area contributed by atoms with Crippen LogP contribution in [-0.4, -0.2) is 20.9 Å². The first kappa shape index (κ1) is 16.7. The van der Waals surface area contributed by atoms with Crippen molar-refractivity contribution in [1.82, 2.24) is 15.0 Å². The van der Waals surface area contributed by atoms with E-state index < -0.39 is 5.91 Å². The Labute approximate surface area is 154 Å². The Morgan fingerprint density at radius 2 is 1.48 bits per heavy atom. The first-order valence-electron chi connectivity index (χ1n) is 8.28. The second-order valence-electron chi connectivity index (χ2n) is 5.99. The van der Waals surface area contributed by atoms with E-state index in [0.29, 0.717) is 17.1 Å². The maximum absolute atomic E-state index is 13.3. The Balaban J connectivity index is 1.84. The molecule has 1 amide bonds. The van der Waals surface area contributed by atoms with Crippen molar-refractivity contribution in [3.8, 4) is 33.9 Å². The monoisotopic (exact) mass is 358 g/mol. The molecule has 0 aliphatic rings. The first-order valence-corrected chi connectivity index (χ1v) is 8.28. The quantitative estimate of drug-likeness (QED) is 0.577. The molecule has 0 saturated carbocycles. The molecule has 0 fully saturated rings. The average Bonchev–Trinajstić information content (AvgIpc) is 3.15. The molecule has 2 aromatic heterocycles. The molecule has 0 bridgehead atoms. The summed E-state index contributed by atoms with van der Waals surface area (Å²) in [7, 11) is 0. The zero-order valence-electron chi connectivity index (χ0n) is 14.2. The van der Waals surface area contributed by atoms with Crippen molar-refractivity contribution in [2.24, 2.45) is 5.73 Å². The maximum Gasteiger partial charge on any atom is 0.248 e. The minimum Gasteiger partial charge on any atom is -0.366 e. The third-order valence-corrected chi connectivity index (χ3v) is 4.23. The van der Waals surface area contributed by atoms with E-state index in [2.05, 4.69) is 9.97 Å². The average molecular weight is 358 g/mol. The van der Waals surface area contributed by atoms with E-state index in [-0.39, 0.29) is 5.82 Å². The van der Waals surface area contributed by atoms with Crippen molar-refractivity contribution in [3.63, 3.8) is 0 Å². The van der Waals surface area contributed by atoms with Crippen LogP contribution in [0.4, 0.5) is 4.39 Å². The number of nitrogens with one attached hydrogen (secondary N) is 1. The molecule has 4 aromatic rings. The van der Waals surface area contributed by atoms with Crippen molar-refractivity contribution in [2.75, 3.05) is 0 Å². The Hall–Kier alpha value is -3.80. The van der Waals surface area contributed by atoms with Gasteiger partial charge in [-0.3, -0.25) is 9.78 Å². The van der Waals surface area contributed by atoms with Gasteiger partial charge in [0.25, 0.3) is 0 Å². The number of halogens is 1.